The second-order valence-electron chi connectivity index (χ2n) is 4.49. The van der Waals surface area contributed by atoms with Gasteiger partial charge in [0.25, 0.3) is 0 Å². The molecule has 78 valence electrons. The highest BCUT2D eigenvalue weighted by Gasteiger charge is 2.19. The Kier molecular flexibility index (Phi) is 4.00. The second kappa shape index (κ2) is 4.84. The fourth-order valence-corrected chi connectivity index (χ4v) is 1.79. The van der Waals surface area contributed by atoms with Gasteiger partial charge in [-0.2, -0.15) is 0 Å². The molecule has 0 fully saturated rings. The zero-order chi connectivity index (χ0) is 10.6. The Hall–Kier alpha value is -0.490. The molecule has 0 nitrogen and oxygen atoms in total. The molecule has 1 heteroatoms. The quantitative estimate of drug-likeness (QED) is 0.669. The van der Waals surface area contributed by atoms with Crippen molar-refractivity contribution < 1.29 is 0 Å². The molecule has 0 unspecified atom stereocenters. The van der Waals surface area contributed by atoms with Crippen molar-refractivity contribution in [2.75, 3.05) is 0 Å². The van der Waals surface area contributed by atoms with Crippen molar-refractivity contribution in [2.24, 2.45) is 0 Å². The number of hydrogen-bond acceptors (Lipinski definition) is 0. The van der Waals surface area contributed by atoms with Crippen LogP contribution >= 0.6 is 11.6 Å². The van der Waals surface area contributed by atoms with Crippen LogP contribution in [0.5, 0.6) is 0 Å². The van der Waals surface area contributed by atoms with Gasteiger partial charge in [-0.05, 0) is 29.5 Å². The van der Waals surface area contributed by atoms with E-state index in [1.54, 1.807) is 0 Å². The number of benzene rings is 1. The van der Waals surface area contributed by atoms with E-state index in [4.69, 9.17) is 11.6 Å². The monoisotopic (exact) mass is 210 g/mol. The summed E-state index contributed by atoms with van der Waals surface area (Å²) in [6.07, 6.45) is 3.79. The van der Waals surface area contributed by atoms with Gasteiger partial charge in [0.1, 0.15) is 0 Å². The Morgan fingerprint density at radius 2 is 1.71 bits per heavy atom. The van der Waals surface area contributed by atoms with E-state index in [-0.39, 0.29) is 5.41 Å². The number of unbranched alkanes of at least 4 members (excludes halogenated alkanes) is 1. The molecule has 0 aliphatic carbocycles. The summed E-state index contributed by atoms with van der Waals surface area (Å²) in [5, 5.41) is 0.819. The maximum atomic E-state index is 5.87. The van der Waals surface area contributed by atoms with Gasteiger partial charge in [-0.3, -0.25) is 0 Å². The van der Waals surface area contributed by atoms with Crippen LogP contribution < -0.4 is 0 Å². The van der Waals surface area contributed by atoms with Gasteiger partial charge in [0.05, 0.1) is 0 Å². The standard InChI is InChI=1S/C13H19Cl/c1-4-5-10-13(2,3)11-6-8-12(14)9-7-11/h6-9H,4-5,10H2,1-3H3. The summed E-state index contributed by atoms with van der Waals surface area (Å²) in [7, 11) is 0. The van der Waals surface area contributed by atoms with Gasteiger partial charge >= 0.3 is 0 Å². The Morgan fingerprint density at radius 1 is 1.14 bits per heavy atom. The van der Waals surface area contributed by atoms with E-state index in [0.29, 0.717) is 0 Å². The van der Waals surface area contributed by atoms with E-state index in [2.05, 4.69) is 32.9 Å². The van der Waals surface area contributed by atoms with Crippen molar-refractivity contribution in [1.29, 1.82) is 0 Å². The number of rotatable bonds is 4. The fraction of sp³-hybridized carbons (Fsp3) is 0.538. The summed E-state index contributed by atoms with van der Waals surface area (Å²) >= 11 is 5.87. The van der Waals surface area contributed by atoms with Gasteiger partial charge in [-0.15, -0.1) is 0 Å². The number of halogens is 1. The lowest BCUT2D eigenvalue weighted by Crippen LogP contribution is -2.16. The predicted octanol–water partition coefficient (Wildman–Crippen LogP) is 4.81. The minimum atomic E-state index is 0.278. The summed E-state index contributed by atoms with van der Waals surface area (Å²) in [6, 6.07) is 8.23. The maximum absolute atomic E-state index is 5.87. The highest BCUT2D eigenvalue weighted by molar-refractivity contribution is 6.30. The molecule has 0 atom stereocenters. The lowest BCUT2D eigenvalue weighted by atomic mass is 9.80. The van der Waals surface area contributed by atoms with Crippen LogP contribution in [0.25, 0.3) is 0 Å². The highest BCUT2D eigenvalue weighted by Crippen LogP contribution is 2.29. The van der Waals surface area contributed by atoms with Gasteiger partial charge in [0.15, 0.2) is 0 Å². The summed E-state index contributed by atoms with van der Waals surface area (Å²) in [4.78, 5) is 0. The Bertz CT molecular complexity index is 272. The first-order valence-electron chi connectivity index (χ1n) is 5.32. The smallest absolute Gasteiger partial charge is 0.0406 e. The average Bonchev–Trinajstić information content (AvgIpc) is 2.16. The lowest BCUT2D eigenvalue weighted by molar-refractivity contribution is 0.458. The Labute approximate surface area is 92.3 Å². The lowest BCUT2D eigenvalue weighted by Gasteiger charge is -2.25. The molecule has 0 spiro atoms. The predicted molar refractivity (Wildman–Crippen MR) is 64.0 cm³/mol. The van der Waals surface area contributed by atoms with Crippen LogP contribution in [-0.4, -0.2) is 0 Å². The molecule has 0 aliphatic heterocycles. The first-order chi connectivity index (χ1) is 6.56. The molecule has 0 amide bonds. The third-order valence-electron chi connectivity index (χ3n) is 2.78. The van der Waals surface area contributed by atoms with Crippen molar-refractivity contribution in [3.8, 4) is 0 Å². The molecule has 0 saturated heterocycles. The molecule has 1 rings (SSSR count). The zero-order valence-electron chi connectivity index (χ0n) is 9.31. The first kappa shape index (κ1) is 11.6. The van der Waals surface area contributed by atoms with Crippen molar-refractivity contribution in [3.05, 3.63) is 34.9 Å². The van der Waals surface area contributed by atoms with E-state index < -0.39 is 0 Å². The summed E-state index contributed by atoms with van der Waals surface area (Å²) in [6.45, 7) is 6.83. The minimum absolute atomic E-state index is 0.278. The zero-order valence-corrected chi connectivity index (χ0v) is 10.1. The van der Waals surface area contributed by atoms with Crippen molar-refractivity contribution in [2.45, 2.75) is 45.4 Å². The van der Waals surface area contributed by atoms with Gasteiger partial charge in [-0.1, -0.05) is 57.3 Å². The SMILES string of the molecule is CCCCC(C)(C)c1ccc(Cl)cc1. The first-order valence-corrected chi connectivity index (χ1v) is 5.70. The third-order valence-corrected chi connectivity index (χ3v) is 3.03. The Balaban J connectivity index is 2.75. The maximum Gasteiger partial charge on any atom is 0.0406 e. The molecule has 0 bridgehead atoms. The van der Waals surface area contributed by atoms with E-state index in [1.165, 1.54) is 24.8 Å². The molecule has 0 aliphatic rings. The molecule has 14 heavy (non-hydrogen) atoms. The molecule has 1 aromatic carbocycles. The van der Waals surface area contributed by atoms with Crippen LogP contribution in [0.1, 0.15) is 45.6 Å². The van der Waals surface area contributed by atoms with Gasteiger partial charge in [-0.25, -0.2) is 0 Å². The number of hydrogen-bond donors (Lipinski definition) is 0. The Morgan fingerprint density at radius 3 is 2.21 bits per heavy atom. The van der Waals surface area contributed by atoms with E-state index in [1.807, 2.05) is 12.1 Å². The molecular formula is C13H19Cl. The molecule has 0 N–H and O–H groups in total. The largest absolute Gasteiger partial charge is 0.0843 e. The van der Waals surface area contributed by atoms with Crippen LogP contribution in [0.3, 0.4) is 0 Å². The van der Waals surface area contributed by atoms with Crippen molar-refractivity contribution in [1.82, 2.24) is 0 Å². The van der Waals surface area contributed by atoms with E-state index in [9.17, 15) is 0 Å². The van der Waals surface area contributed by atoms with Crippen LogP contribution in [0.2, 0.25) is 5.02 Å². The normalized spacial score (nSPS) is 11.7. The summed E-state index contributed by atoms with van der Waals surface area (Å²) < 4.78 is 0. The highest BCUT2D eigenvalue weighted by atomic mass is 35.5. The molecule has 0 saturated carbocycles. The minimum Gasteiger partial charge on any atom is -0.0843 e. The topological polar surface area (TPSA) is 0 Å². The van der Waals surface area contributed by atoms with Gasteiger partial charge in [0.2, 0.25) is 0 Å². The molecule has 0 radical (unpaired) electrons. The van der Waals surface area contributed by atoms with Crippen molar-refractivity contribution in [3.63, 3.8) is 0 Å². The van der Waals surface area contributed by atoms with Crippen LogP contribution in [0, 0.1) is 0 Å². The van der Waals surface area contributed by atoms with Gasteiger partial charge < -0.3 is 0 Å². The van der Waals surface area contributed by atoms with Crippen LogP contribution in [-0.2, 0) is 5.41 Å². The van der Waals surface area contributed by atoms with Gasteiger partial charge in [0, 0.05) is 5.02 Å². The van der Waals surface area contributed by atoms with Crippen LogP contribution in [0.15, 0.2) is 24.3 Å². The average molecular weight is 211 g/mol. The second-order valence-corrected chi connectivity index (χ2v) is 4.93. The molecule has 1 aromatic rings. The molecular weight excluding hydrogens is 192 g/mol. The van der Waals surface area contributed by atoms with Crippen molar-refractivity contribution >= 4 is 11.6 Å². The van der Waals surface area contributed by atoms with E-state index >= 15 is 0 Å². The van der Waals surface area contributed by atoms with E-state index in [0.717, 1.165) is 5.02 Å². The third kappa shape index (κ3) is 3.02. The fourth-order valence-electron chi connectivity index (χ4n) is 1.66. The molecule has 0 heterocycles. The van der Waals surface area contributed by atoms with Crippen LogP contribution in [0.4, 0.5) is 0 Å². The molecule has 0 aromatic heterocycles. The summed E-state index contributed by atoms with van der Waals surface area (Å²) in [5.74, 6) is 0. The summed E-state index contributed by atoms with van der Waals surface area (Å²) in [5.41, 5.74) is 1.66.